The fraction of sp³-hybridized carbons (Fsp3) is 0.923. The van der Waals surface area contributed by atoms with Crippen LogP contribution in [0.3, 0.4) is 0 Å². The molecule has 0 radical (unpaired) electrons. The molecule has 0 aliphatic heterocycles. The number of rotatable bonds is 7. The monoisotopic (exact) mass is 258 g/mol. The zero-order valence-corrected chi connectivity index (χ0v) is 11.5. The summed E-state index contributed by atoms with van der Waals surface area (Å²) in [5, 5.41) is 2.85. The summed E-state index contributed by atoms with van der Waals surface area (Å²) in [7, 11) is 1.65. The molecule has 0 heterocycles. The summed E-state index contributed by atoms with van der Waals surface area (Å²) in [6.45, 7) is 3.10. The van der Waals surface area contributed by atoms with Gasteiger partial charge in [-0.15, -0.1) is 0 Å². The zero-order chi connectivity index (χ0) is 13.4. The molecule has 5 nitrogen and oxygen atoms in total. The highest BCUT2D eigenvalue weighted by Gasteiger charge is 2.23. The zero-order valence-electron chi connectivity index (χ0n) is 11.5. The molecule has 0 bridgehead atoms. The normalized spacial score (nSPS) is 25.7. The van der Waals surface area contributed by atoms with Crippen LogP contribution in [0.2, 0.25) is 0 Å². The number of carbonyl (C=O) groups excluding carboxylic acids is 1. The molecule has 1 amide bonds. The van der Waals surface area contributed by atoms with Crippen molar-refractivity contribution in [2.45, 2.75) is 57.3 Å². The Hall–Kier alpha value is -0.650. The topological polar surface area (TPSA) is 73.6 Å². The van der Waals surface area contributed by atoms with Crippen LogP contribution in [0.5, 0.6) is 0 Å². The van der Waals surface area contributed by atoms with Crippen molar-refractivity contribution in [2.75, 3.05) is 20.3 Å². The second-order valence-corrected chi connectivity index (χ2v) is 4.95. The number of ether oxygens (including phenoxy) is 2. The Morgan fingerprint density at radius 1 is 1.39 bits per heavy atom. The van der Waals surface area contributed by atoms with Crippen molar-refractivity contribution >= 4 is 5.91 Å². The smallest absolute Gasteiger partial charge is 0.248 e. The lowest BCUT2D eigenvalue weighted by molar-refractivity contribution is -0.136. The van der Waals surface area contributed by atoms with E-state index in [2.05, 4.69) is 5.32 Å². The van der Waals surface area contributed by atoms with Crippen LogP contribution in [-0.2, 0) is 14.3 Å². The molecule has 0 aromatic rings. The van der Waals surface area contributed by atoms with Gasteiger partial charge < -0.3 is 20.5 Å². The van der Waals surface area contributed by atoms with Gasteiger partial charge in [-0.2, -0.15) is 0 Å². The van der Waals surface area contributed by atoms with Gasteiger partial charge in [0.05, 0.1) is 6.10 Å². The molecule has 1 rings (SSSR count). The number of amides is 1. The van der Waals surface area contributed by atoms with E-state index in [9.17, 15) is 4.79 Å². The molecular formula is C13H26N2O3. The minimum absolute atomic E-state index is 0.0408. The van der Waals surface area contributed by atoms with Gasteiger partial charge in [-0.05, 0) is 39.0 Å². The van der Waals surface area contributed by atoms with Gasteiger partial charge in [0.2, 0.25) is 5.91 Å². The van der Waals surface area contributed by atoms with Crippen molar-refractivity contribution < 1.29 is 14.3 Å². The number of methoxy groups -OCH3 is 1. The lowest BCUT2D eigenvalue weighted by atomic mass is 9.93. The molecular weight excluding hydrogens is 232 g/mol. The molecule has 18 heavy (non-hydrogen) atoms. The molecule has 0 spiro atoms. The summed E-state index contributed by atoms with van der Waals surface area (Å²) in [6, 6.07) is 0.308. The number of hydrogen-bond acceptors (Lipinski definition) is 4. The summed E-state index contributed by atoms with van der Waals surface area (Å²) in [5.41, 5.74) is 5.84. The Bertz CT molecular complexity index is 240. The van der Waals surface area contributed by atoms with E-state index in [-0.39, 0.29) is 18.1 Å². The van der Waals surface area contributed by atoms with Crippen LogP contribution >= 0.6 is 0 Å². The molecule has 1 aliphatic rings. The first-order chi connectivity index (χ1) is 8.63. The summed E-state index contributed by atoms with van der Waals surface area (Å²) >= 11 is 0. The van der Waals surface area contributed by atoms with Crippen LogP contribution in [0.4, 0.5) is 0 Å². The second-order valence-electron chi connectivity index (χ2n) is 4.95. The van der Waals surface area contributed by atoms with Gasteiger partial charge in [-0.3, -0.25) is 4.79 Å². The van der Waals surface area contributed by atoms with Gasteiger partial charge in [0.1, 0.15) is 6.10 Å². The number of hydrogen-bond donors (Lipinski definition) is 2. The lowest BCUT2D eigenvalue weighted by Gasteiger charge is -2.28. The Morgan fingerprint density at radius 2 is 2.06 bits per heavy atom. The van der Waals surface area contributed by atoms with E-state index in [4.69, 9.17) is 15.2 Å². The van der Waals surface area contributed by atoms with Crippen molar-refractivity contribution in [2.24, 2.45) is 5.73 Å². The van der Waals surface area contributed by atoms with Gasteiger partial charge in [0.25, 0.3) is 0 Å². The SMILES string of the molecule is COCCCNC(=O)C(C)OC1CCC(N)CC1. The summed E-state index contributed by atoms with van der Waals surface area (Å²) in [6.07, 6.45) is 4.54. The van der Waals surface area contributed by atoms with Crippen LogP contribution in [0.25, 0.3) is 0 Å². The standard InChI is InChI=1S/C13H26N2O3/c1-10(13(16)15-8-3-9-17-2)18-12-6-4-11(14)5-7-12/h10-12H,3-9,14H2,1-2H3,(H,15,16). The average Bonchev–Trinajstić information content (AvgIpc) is 2.37. The molecule has 0 aromatic carbocycles. The van der Waals surface area contributed by atoms with E-state index in [0.717, 1.165) is 32.1 Å². The summed E-state index contributed by atoms with van der Waals surface area (Å²) < 4.78 is 10.7. The maximum Gasteiger partial charge on any atom is 0.248 e. The third-order valence-corrected chi connectivity index (χ3v) is 3.31. The molecule has 5 heteroatoms. The van der Waals surface area contributed by atoms with Gasteiger partial charge in [-0.25, -0.2) is 0 Å². The Kier molecular flexibility index (Phi) is 7.23. The van der Waals surface area contributed by atoms with Crippen LogP contribution < -0.4 is 11.1 Å². The fourth-order valence-electron chi connectivity index (χ4n) is 2.15. The van der Waals surface area contributed by atoms with Crippen molar-refractivity contribution in [3.63, 3.8) is 0 Å². The van der Waals surface area contributed by atoms with Crippen LogP contribution in [0.15, 0.2) is 0 Å². The van der Waals surface area contributed by atoms with Gasteiger partial charge in [0, 0.05) is 26.3 Å². The molecule has 0 aromatic heterocycles. The summed E-state index contributed by atoms with van der Waals surface area (Å²) in [5.74, 6) is -0.0408. The molecule has 0 saturated heterocycles. The van der Waals surface area contributed by atoms with Crippen molar-refractivity contribution in [3.05, 3.63) is 0 Å². The minimum atomic E-state index is -0.383. The van der Waals surface area contributed by atoms with Crippen LogP contribution in [0.1, 0.15) is 39.0 Å². The first kappa shape index (κ1) is 15.4. The molecule has 106 valence electrons. The third-order valence-electron chi connectivity index (χ3n) is 3.31. The second kappa shape index (κ2) is 8.45. The van der Waals surface area contributed by atoms with Crippen molar-refractivity contribution in [3.8, 4) is 0 Å². The Morgan fingerprint density at radius 3 is 2.67 bits per heavy atom. The maximum absolute atomic E-state index is 11.7. The maximum atomic E-state index is 11.7. The molecule has 1 fully saturated rings. The average molecular weight is 258 g/mol. The van der Waals surface area contributed by atoms with E-state index >= 15 is 0 Å². The molecule has 3 N–H and O–H groups in total. The van der Waals surface area contributed by atoms with E-state index in [0.29, 0.717) is 19.2 Å². The first-order valence-corrected chi connectivity index (χ1v) is 6.81. The van der Waals surface area contributed by atoms with Crippen LogP contribution in [0, 0.1) is 0 Å². The van der Waals surface area contributed by atoms with Gasteiger partial charge in [-0.1, -0.05) is 0 Å². The van der Waals surface area contributed by atoms with Crippen molar-refractivity contribution in [1.29, 1.82) is 0 Å². The third kappa shape index (κ3) is 5.80. The molecule has 1 unspecified atom stereocenters. The Balaban J connectivity index is 2.14. The van der Waals surface area contributed by atoms with Gasteiger partial charge in [0.15, 0.2) is 0 Å². The lowest BCUT2D eigenvalue weighted by Crippen LogP contribution is -2.39. The predicted molar refractivity (Wildman–Crippen MR) is 70.3 cm³/mol. The van der Waals surface area contributed by atoms with E-state index in [1.54, 1.807) is 14.0 Å². The fourth-order valence-corrected chi connectivity index (χ4v) is 2.15. The highest BCUT2D eigenvalue weighted by molar-refractivity contribution is 5.80. The van der Waals surface area contributed by atoms with Gasteiger partial charge >= 0.3 is 0 Å². The highest BCUT2D eigenvalue weighted by atomic mass is 16.5. The first-order valence-electron chi connectivity index (χ1n) is 6.81. The summed E-state index contributed by atoms with van der Waals surface area (Å²) in [4.78, 5) is 11.7. The Labute approximate surface area is 109 Å². The quantitative estimate of drug-likeness (QED) is 0.663. The molecule has 1 aliphatic carbocycles. The van der Waals surface area contributed by atoms with E-state index < -0.39 is 0 Å². The van der Waals surface area contributed by atoms with Crippen molar-refractivity contribution in [1.82, 2.24) is 5.32 Å². The minimum Gasteiger partial charge on any atom is -0.385 e. The van der Waals surface area contributed by atoms with E-state index in [1.165, 1.54) is 0 Å². The number of carbonyl (C=O) groups is 1. The largest absolute Gasteiger partial charge is 0.385 e. The molecule has 1 saturated carbocycles. The predicted octanol–water partition coefficient (Wildman–Crippen LogP) is 0.814. The number of nitrogens with one attached hydrogen (secondary N) is 1. The van der Waals surface area contributed by atoms with Crippen LogP contribution in [-0.4, -0.2) is 44.4 Å². The number of nitrogens with two attached hydrogens (primary N) is 1. The highest BCUT2D eigenvalue weighted by Crippen LogP contribution is 2.20. The van der Waals surface area contributed by atoms with E-state index in [1.807, 2.05) is 0 Å². The molecule has 1 atom stereocenters.